The maximum Gasteiger partial charge on any atom is 0.410 e. The number of piperidine rings is 1. The minimum Gasteiger partial charge on any atom is -0.446 e. The molecule has 0 bridgehead atoms. The molecule has 0 aromatic carbocycles. The van der Waals surface area contributed by atoms with Gasteiger partial charge in [0.05, 0.1) is 12.1 Å². The number of hydrogen-bond donors (Lipinski definition) is 2. The van der Waals surface area contributed by atoms with Crippen LogP contribution in [0.4, 0.5) is 4.79 Å². The van der Waals surface area contributed by atoms with Gasteiger partial charge in [-0.25, -0.2) is 9.80 Å². The summed E-state index contributed by atoms with van der Waals surface area (Å²) in [6.07, 6.45) is 11.3. The Morgan fingerprint density at radius 1 is 0.886 bits per heavy atom. The van der Waals surface area contributed by atoms with Crippen LogP contribution < -0.4 is 10.7 Å². The third kappa shape index (κ3) is 4.82. The maximum absolute atomic E-state index is 13.6. The molecular weight excluding hydrogens is 442 g/mol. The van der Waals surface area contributed by atoms with Gasteiger partial charge in [-0.05, 0) is 89.0 Å². The summed E-state index contributed by atoms with van der Waals surface area (Å²) in [5.74, 6) is 2.11. The minimum absolute atomic E-state index is 0.0134. The molecule has 7 unspecified atom stereocenters. The first-order valence-electron chi connectivity index (χ1n) is 14.5. The monoisotopic (exact) mass is 487 g/mol. The summed E-state index contributed by atoms with van der Waals surface area (Å²) >= 11 is 0. The predicted molar refractivity (Wildman–Crippen MR) is 133 cm³/mol. The number of carbonyl (C=O) groups excluding carboxylic acids is 2. The number of carbonyl (C=O) groups is 2. The lowest BCUT2D eigenvalue weighted by molar-refractivity contribution is -0.142. The minimum atomic E-state index is -0.140. The van der Waals surface area contributed by atoms with Gasteiger partial charge in [-0.3, -0.25) is 10.2 Å². The number of nitrogens with zero attached hydrogens (tertiary/aromatic N) is 3. The summed E-state index contributed by atoms with van der Waals surface area (Å²) in [5, 5.41) is 6.13. The standard InChI is InChI=1S/C27H45N5O3/c1-17-15-30(27(34)35-23-9-5-19-4-3-11-28-24(19)13-23)26-12-20(6-10-25(26)32(17)18(2)33)21-14-29-31(16-21)22-7-8-22/h17,19-26,28-29H,3-16H2,1-2H3/t17-,19?,20?,21?,23?,24?,25?,26?/m0/s1. The molecule has 6 rings (SSSR count). The van der Waals surface area contributed by atoms with Gasteiger partial charge in [-0.1, -0.05) is 0 Å². The van der Waals surface area contributed by atoms with Crippen LogP contribution >= 0.6 is 0 Å². The van der Waals surface area contributed by atoms with Gasteiger partial charge in [0.1, 0.15) is 6.10 Å². The van der Waals surface area contributed by atoms with Crippen LogP contribution in [-0.4, -0.2) is 89.3 Å². The third-order valence-electron chi connectivity index (χ3n) is 10.1. The Hall–Kier alpha value is -1.38. The fourth-order valence-corrected chi connectivity index (χ4v) is 8.19. The highest BCUT2D eigenvalue weighted by molar-refractivity contribution is 5.75. The molecule has 6 aliphatic rings. The Bertz CT molecular complexity index is 806. The van der Waals surface area contributed by atoms with Crippen LogP contribution in [0.25, 0.3) is 0 Å². The molecule has 3 saturated heterocycles. The summed E-state index contributed by atoms with van der Waals surface area (Å²) in [4.78, 5) is 30.4. The second-order valence-corrected chi connectivity index (χ2v) is 12.4. The highest BCUT2D eigenvalue weighted by Gasteiger charge is 2.49. The fourth-order valence-electron chi connectivity index (χ4n) is 8.19. The Morgan fingerprint density at radius 2 is 1.71 bits per heavy atom. The van der Waals surface area contributed by atoms with Gasteiger partial charge in [0.15, 0.2) is 0 Å². The van der Waals surface area contributed by atoms with Gasteiger partial charge < -0.3 is 19.9 Å². The molecule has 35 heavy (non-hydrogen) atoms. The summed E-state index contributed by atoms with van der Waals surface area (Å²) in [6, 6.07) is 1.46. The van der Waals surface area contributed by atoms with E-state index >= 15 is 0 Å². The van der Waals surface area contributed by atoms with Crippen molar-refractivity contribution in [3.8, 4) is 0 Å². The van der Waals surface area contributed by atoms with Gasteiger partial charge >= 0.3 is 6.09 Å². The Labute approximate surface area is 210 Å². The van der Waals surface area contributed by atoms with Gasteiger partial charge in [0.2, 0.25) is 5.91 Å². The second kappa shape index (κ2) is 9.82. The summed E-state index contributed by atoms with van der Waals surface area (Å²) in [6.45, 7) is 7.63. The molecule has 0 radical (unpaired) electrons. The first kappa shape index (κ1) is 24.0. The number of hydrogen-bond acceptors (Lipinski definition) is 6. The van der Waals surface area contributed by atoms with E-state index < -0.39 is 0 Å². The van der Waals surface area contributed by atoms with Crippen LogP contribution in [0.2, 0.25) is 0 Å². The summed E-state index contributed by atoms with van der Waals surface area (Å²) in [5.41, 5.74) is 3.64. The molecule has 8 nitrogen and oxygen atoms in total. The molecule has 3 heterocycles. The van der Waals surface area contributed by atoms with Crippen molar-refractivity contribution in [2.45, 2.75) is 114 Å². The Kier molecular flexibility index (Phi) is 6.73. The van der Waals surface area contributed by atoms with Crippen molar-refractivity contribution in [3.05, 3.63) is 0 Å². The van der Waals surface area contributed by atoms with Crippen LogP contribution in [0.15, 0.2) is 0 Å². The number of fused-ring (bicyclic) bond motifs is 2. The van der Waals surface area contributed by atoms with E-state index in [0.717, 1.165) is 70.1 Å². The normalized spacial score (nSPS) is 42.3. The van der Waals surface area contributed by atoms with Crippen LogP contribution in [0.5, 0.6) is 0 Å². The highest BCUT2D eigenvalue weighted by atomic mass is 16.6. The van der Waals surface area contributed by atoms with Crippen molar-refractivity contribution in [3.63, 3.8) is 0 Å². The molecule has 2 N–H and O–H groups in total. The molecule has 6 fully saturated rings. The summed E-state index contributed by atoms with van der Waals surface area (Å²) in [7, 11) is 0. The third-order valence-corrected chi connectivity index (χ3v) is 10.1. The average molecular weight is 488 g/mol. The number of piperazine rings is 1. The Balaban J connectivity index is 1.14. The average Bonchev–Trinajstić information content (AvgIpc) is 3.59. The molecule has 196 valence electrons. The van der Waals surface area contributed by atoms with Crippen molar-refractivity contribution < 1.29 is 14.3 Å². The van der Waals surface area contributed by atoms with Crippen LogP contribution in [0, 0.1) is 17.8 Å². The quantitative estimate of drug-likeness (QED) is 0.638. The van der Waals surface area contributed by atoms with Crippen molar-refractivity contribution in [1.82, 2.24) is 25.6 Å². The van der Waals surface area contributed by atoms with Gasteiger partial charge in [-0.2, -0.15) is 0 Å². The lowest BCUT2D eigenvalue weighted by Gasteiger charge is -2.54. The zero-order chi connectivity index (χ0) is 24.1. The lowest BCUT2D eigenvalue weighted by Crippen LogP contribution is -2.67. The van der Waals surface area contributed by atoms with Gasteiger partial charge in [0.25, 0.3) is 0 Å². The molecule has 8 atom stereocenters. The van der Waals surface area contributed by atoms with E-state index in [1.165, 1.54) is 25.7 Å². The molecular formula is C27H45N5O3. The lowest BCUT2D eigenvalue weighted by atomic mass is 9.73. The van der Waals surface area contributed by atoms with E-state index in [1.807, 2.05) is 4.90 Å². The van der Waals surface area contributed by atoms with Gasteiger partial charge in [0, 0.05) is 51.1 Å². The fraction of sp³-hybridized carbons (Fsp3) is 0.926. The molecule has 0 aromatic rings. The second-order valence-electron chi connectivity index (χ2n) is 12.4. The zero-order valence-electron chi connectivity index (χ0n) is 21.7. The first-order valence-corrected chi connectivity index (χ1v) is 14.5. The van der Waals surface area contributed by atoms with Crippen LogP contribution in [0.1, 0.15) is 78.1 Å². The molecule has 3 saturated carbocycles. The van der Waals surface area contributed by atoms with E-state index in [-0.39, 0.29) is 36.2 Å². The largest absolute Gasteiger partial charge is 0.446 e. The van der Waals surface area contributed by atoms with E-state index in [1.54, 1.807) is 6.92 Å². The number of rotatable bonds is 3. The maximum atomic E-state index is 13.6. The van der Waals surface area contributed by atoms with Crippen LogP contribution in [-0.2, 0) is 9.53 Å². The highest BCUT2D eigenvalue weighted by Crippen LogP contribution is 2.41. The van der Waals surface area contributed by atoms with Crippen molar-refractivity contribution in [1.29, 1.82) is 0 Å². The smallest absolute Gasteiger partial charge is 0.410 e. The number of nitrogens with one attached hydrogen (secondary N) is 2. The molecule has 0 aromatic heterocycles. The van der Waals surface area contributed by atoms with E-state index in [0.29, 0.717) is 24.4 Å². The molecule has 2 amide bonds. The SMILES string of the molecule is CC(=O)N1C2CCC(C3CNN(C4CC4)C3)CC2N(C(=O)OC2CCC3CCCNC3C2)C[C@@H]1C. The van der Waals surface area contributed by atoms with Gasteiger partial charge in [-0.15, -0.1) is 0 Å². The molecule has 0 spiro atoms. The van der Waals surface area contributed by atoms with E-state index in [2.05, 4.69) is 27.6 Å². The number of ether oxygens (including phenoxy) is 1. The van der Waals surface area contributed by atoms with Crippen LogP contribution in [0.3, 0.4) is 0 Å². The molecule has 3 aliphatic carbocycles. The molecule has 8 heteroatoms. The van der Waals surface area contributed by atoms with E-state index in [4.69, 9.17) is 4.74 Å². The summed E-state index contributed by atoms with van der Waals surface area (Å²) < 4.78 is 6.21. The topological polar surface area (TPSA) is 77.2 Å². The number of amides is 2. The first-order chi connectivity index (χ1) is 17.0. The Morgan fingerprint density at radius 3 is 2.51 bits per heavy atom. The van der Waals surface area contributed by atoms with E-state index in [9.17, 15) is 9.59 Å². The predicted octanol–water partition coefficient (Wildman–Crippen LogP) is 2.73. The van der Waals surface area contributed by atoms with Crippen molar-refractivity contribution >= 4 is 12.0 Å². The zero-order valence-corrected chi connectivity index (χ0v) is 21.7. The number of hydrazine groups is 1. The van der Waals surface area contributed by atoms with Crippen molar-refractivity contribution in [2.24, 2.45) is 17.8 Å². The molecule has 3 aliphatic heterocycles. The van der Waals surface area contributed by atoms with Crippen molar-refractivity contribution in [2.75, 3.05) is 26.2 Å².